The third kappa shape index (κ3) is 4.83. The number of aromatic nitrogens is 2. The van der Waals surface area contributed by atoms with Crippen molar-refractivity contribution in [3.8, 4) is 11.5 Å². The number of carbonyl (C=O) groups is 1. The fourth-order valence-electron chi connectivity index (χ4n) is 2.83. The normalized spacial score (nSPS) is 20.7. The van der Waals surface area contributed by atoms with E-state index in [9.17, 15) is 4.79 Å². The second-order valence-electron chi connectivity index (χ2n) is 6.43. The van der Waals surface area contributed by atoms with E-state index >= 15 is 0 Å². The highest BCUT2D eigenvalue weighted by Gasteiger charge is 2.25. The van der Waals surface area contributed by atoms with Gasteiger partial charge in [-0.1, -0.05) is 22.9 Å². The van der Waals surface area contributed by atoms with Gasteiger partial charge in [0.15, 0.2) is 5.82 Å². The second kappa shape index (κ2) is 8.01. The molecule has 3 rings (SSSR count). The molecule has 1 amide bonds. The van der Waals surface area contributed by atoms with Crippen LogP contribution in [-0.4, -0.2) is 52.0 Å². The van der Waals surface area contributed by atoms with Crippen LogP contribution in [0.4, 0.5) is 0 Å². The van der Waals surface area contributed by atoms with E-state index in [-0.39, 0.29) is 18.1 Å². The third-order valence-corrected chi connectivity index (χ3v) is 4.91. The van der Waals surface area contributed by atoms with Gasteiger partial charge < -0.3 is 14.2 Å². The van der Waals surface area contributed by atoms with E-state index in [0.717, 1.165) is 5.56 Å². The first-order chi connectivity index (χ1) is 12.0. The molecule has 25 heavy (non-hydrogen) atoms. The summed E-state index contributed by atoms with van der Waals surface area (Å²) < 4.78 is 11.0. The van der Waals surface area contributed by atoms with Crippen molar-refractivity contribution in [2.45, 2.75) is 38.7 Å². The summed E-state index contributed by atoms with van der Waals surface area (Å²) >= 11 is 1.50. The molecule has 1 aromatic carbocycles. The molecule has 0 bridgehead atoms. The highest BCUT2D eigenvalue weighted by atomic mass is 32.2. The Kier molecular flexibility index (Phi) is 5.75. The molecule has 2 atom stereocenters. The lowest BCUT2D eigenvalue weighted by Crippen LogP contribution is -2.48. The van der Waals surface area contributed by atoms with Crippen molar-refractivity contribution in [3.63, 3.8) is 0 Å². The number of thioether (sulfide) groups is 1. The first-order valence-electron chi connectivity index (χ1n) is 8.42. The molecule has 2 unspecified atom stereocenters. The smallest absolute Gasteiger partial charge is 0.257 e. The van der Waals surface area contributed by atoms with Crippen molar-refractivity contribution in [2.24, 2.45) is 0 Å². The van der Waals surface area contributed by atoms with Crippen LogP contribution in [0, 0.1) is 6.92 Å². The number of amides is 1. The van der Waals surface area contributed by atoms with Crippen molar-refractivity contribution in [3.05, 3.63) is 35.7 Å². The lowest BCUT2D eigenvalue weighted by atomic mass is 10.1. The van der Waals surface area contributed by atoms with Gasteiger partial charge in [0.05, 0.1) is 23.7 Å². The van der Waals surface area contributed by atoms with E-state index in [1.165, 1.54) is 17.3 Å². The first kappa shape index (κ1) is 17.9. The predicted octanol–water partition coefficient (Wildman–Crippen LogP) is 2.91. The summed E-state index contributed by atoms with van der Waals surface area (Å²) in [4.78, 5) is 18.6. The second-order valence-corrected chi connectivity index (χ2v) is 7.42. The lowest BCUT2D eigenvalue weighted by molar-refractivity contribution is -0.140. The molecule has 1 aliphatic heterocycles. The molecule has 0 spiro atoms. The summed E-state index contributed by atoms with van der Waals surface area (Å²) in [7, 11) is 0. The number of carbonyl (C=O) groups excluding carboxylic acids is 1. The van der Waals surface area contributed by atoms with E-state index in [1.54, 1.807) is 0 Å². The van der Waals surface area contributed by atoms with E-state index in [1.807, 2.05) is 49.9 Å². The van der Waals surface area contributed by atoms with Crippen LogP contribution in [0.3, 0.4) is 0 Å². The Hall–Kier alpha value is -1.86. The Morgan fingerprint density at radius 1 is 1.24 bits per heavy atom. The molecular weight excluding hydrogens is 338 g/mol. The van der Waals surface area contributed by atoms with Crippen LogP contribution in [0.15, 0.2) is 28.8 Å². The van der Waals surface area contributed by atoms with Gasteiger partial charge in [0.25, 0.3) is 5.89 Å². The van der Waals surface area contributed by atoms with Crippen LogP contribution >= 0.6 is 11.8 Å². The highest BCUT2D eigenvalue weighted by molar-refractivity contribution is 7.99. The number of nitrogens with zero attached hydrogens (tertiary/aromatic N) is 3. The number of morpholine rings is 1. The van der Waals surface area contributed by atoms with E-state index in [4.69, 9.17) is 9.26 Å². The van der Waals surface area contributed by atoms with E-state index < -0.39 is 0 Å². The Morgan fingerprint density at radius 3 is 2.60 bits per heavy atom. The summed E-state index contributed by atoms with van der Waals surface area (Å²) in [5.41, 5.74) is 2.09. The molecule has 0 radical (unpaired) electrons. The monoisotopic (exact) mass is 361 g/mol. The number of hydrogen-bond acceptors (Lipinski definition) is 6. The van der Waals surface area contributed by atoms with Gasteiger partial charge >= 0.3 is 0 Å². The van der Waals surface area contributed by atoms with Crippen LogP contribution in [0.5, 0.6) is 0 Å². The van der Waals surface area contributed by atoms with Gasteiger partial charge in [-0.3, -0.25) is 4.79 Å². The number of ether oxygens (including phenoxy) is 1. The maximum atomic E-state index is 12.3. The first-order valence-corrected chi connectivity index (χ1v) is 9.57. The summed E-state index contributed by atoms with van der Waals surface area (Å²) in [6, 6.07) is 7.95. The quantitative estimate of drug-likeness (QED) is 0.816. The zero-order valence-corrected chi connectivity index (χ0v) is 15.6. The molecule has 0 aliphatic carbocycles. The van der Waals surface area contributed by atoms with E-state index in [0.29, 0.717) is 36.3 Å². The van der Waals surface area contributed by atoms with Crippen molar-refractivity contribution in [1.29, 1.82) is 0 Å². The average molecular weight is 361 g/mol. The Balaban J connectivity index is 1.49. The maximum Gasteiger partial charge on any atom is 0.257 e. The zero-order valence-electron chi connectivity index (χ0n) is 14.8. The molecular formula is C18H23N3O3S. The maximum absolute atomic E-state index is 12.3. The van der Waals surface area contributed by atoms with Crippen LogP contribution in [-0.2, 0) is 15.3 Å². The number of benzene rings is 1. The molecule has 1 saturated heterocycles. The molecule has 1 aromatic heterocycles. The summed E-state index contributed by atoms with van der Waals surface area (Å²) in [6.07, 6.45) is 0.180. The van der Waals surface area contributed by atoms with Gasteiger partial charge in [-0.05, 0) is 32.9 Å². The molecule has 134 valence electrons. The minimum atomic E-state index is 0.0898. The predicted molar refractivity (Wildman–Crippen MR) is 97.2 cm³/mol. The molecule has 0 N–H and O–H groups in total. The zero-order chi connectivity index (χ0) is 17.8. The molecule has 1 aliphatic rings. The Bertz CT molecular complexity index is 707. The van der Waals surface area contributed by atoms with Gasteiger partial charge in [0.2, 0.25) is 5.91 Å². The van der Waals surface area contributed by atoms with Crippen LogP contribution < -0.4 is 0 Å². The minimum absolute atomic E-state index is 0.0898. The summed E-state index contributed by atoms with van der Waals surface area (Å²) in [6.45, 7) is 7.34. The standard InChI is InChI=1S/C18H23N3O3S/c1-12-4-6-15(7-5-12)18-19-16(20-24-18)10-25-11-17(22)21-8-13(2)23-14(3)9-21/h4-7,13-14H,8-11H2,1-3H3. The molecule has 6 nitrogen and oxygen atoms in total. The largest absolute Gasteiger partial charge is 0.372 e. The topological polar surface area (TPSA) is 68.5 Å². The average Bonchev–Trinajstić information content (AvgIpc) is 3.03. The van der Waals surface area contributed by atoms with Crippen LogP contribution in [0.1, 0.15) is 25.2 Å². The minimum Gasteiger partial charge on any atom is -0.372 e. The molecule has 2 heterocycles. The van der Waals surface area contributed by atoms with Crippen molar-refractivity contribution >= 4 is 17.7 Å². The van der Waals surface area contributed by atoms with E-state index in [2.05, 4.69) is 10.1 Å². The summed E-state index contributed by atoms with van der Waals surface area (Å²) in [5, 5.41) is 4.00. The Labute approximate surface area is 151 Å². The molecule has 1 fully saturated rings. The number of rotatable bonds is 5. The fourth-order valence-corrected chi connectivity index (χ4v) is 3.59. The SMILES string of the molecule is Cc1ccc(-c2nc(CSCC(=O)N3CC(C)OC(C)C3)no2)cc1. The molecule has 7 heteroatoms. The number of aryl methyl sites for hydroxylation is 1. The number of hydrogen-bond donors (Lipinski definition) is 0. The van der Waals surface area contributed by atoms with Gasteiger partial charge in [0, 0.05) is 18.7 Å². The van der Waals surface area contributed by atoms with Gasteiger partial charge in [-0.2, -0.15) is 4.98 Å². The Morgan fingerprint density at radius 2 is 1.92 bits per heavy atom. The van der Waals surface area contributed by atoms with Gasteiger partial charge in [-0.15, -0.1) is 11.8 Å². The highest BCUT2D eigenvalue weighted by Crippen LogP contribution is 2.20. The van der Waals surface area contributed by atoms with Crippen molar-refractivity contribution in [2.75, 3.05) is 18.8 Å². The van der Waals surface area contributed by atoms with Crippen LogP contribution in [0.2, 0.25) is 0 Å². The van der Waals surface area contributed by atoms with Crippen molar-refractivity contribution in [1.82, 2.24) is 15.0 Å². The third-order valence-electron chi connectivity index (χ3n) is 4.00. The molecule has 2 aromatic rings. The van der Waals surface area contributed by atoms with Gasteiger partial charge in [-0.25, -0.2) is 0 Å². The van der Waals surface area contributed by atoms with Crippen LogP contribution in [0.25, 0.3) is 11.5 Å². The lowest BCUT2D eigenvalue weighted by Gasteiger charge is -2.35. The van der Waals surface area contributed by atoms with Gasteiger partial charge in [0.1, 0.15) is 0 Å². The fraction of sp³-hybridized carbons (Fsp3) is 0.500. The summed E-state index contributed by atoms with van der Waals surface area (Å²) in [5.74, 6) is 2.22. The van der Waals surface area contributed by atoms with Crippen molar-refractivity contribution < 1.29 is 14.1 Å². The molecule has 0 saturated carbocycles.